The molecule has 8 heteroatoms. The largest absolute Gasteiger partial charge is 0.405 e. The maximum absolute atomic E-state index is 12.0. The quantitative estimate of drug-likeness (QED) is 0.819. The number of nitrogens with one attached hydrogen (secondary N) is 2. The van der Waals surface area contributed by atoms with E-state index in [0.717, 1.165) is 19.4 Å². The zero-order valence-electron chi connectivity index (χ0n) is 11.1. The standard InChI is InChI=1S/C11H20F3N3O.ClH/c1-8(10(18)16-7-11(12,13)14)17-5-3-4-9(6-17)15-2;/h8-9,15H,3-7H2,1-2H3,(H,16,18);1H. The monoisotopic (exact) mass is 303 g/mol. The Morgan fingerprint density at radius 1 is 1.47 bits per heavy atom. The average molecular weight is 304 g/mol. The molecular weight excluding hydrogens is 283 g/mol. The summed E-state index contributed by atoms with van der Waals surface area (Å²) in [5.74, 6) is -0.566. The van der Waals surface area contributed by atoms with Crippen LogP contribution in [0.4, 0.5) is 13.2 Å². The van der Waals surface area contributed by atoms with Gasteiger partial charge in [-0.1, -0.05) is 0 Å². The van der Waals surface area contributed by atoms with Crippen LogP contribution >= 0.6 is 12.4 Å². The third-order valence-electron chi connectivity index (χ3n) is 3.25. The van der Waals surface area contributed by atoms with Crippen molar-refractivity contribution < 1.29 is 18.0 Å². The van der Waals surface area contributed by atoms with E-state index in [1.165, 1.54) is 0 Å². The van der Waals surface area contributed by atoms with Crippen molar-refractivity contribution in [3.8, 4) is 0 Å². The minimum atomic E-state index is -4.36. The number of nitrogens with zero attached hydrogens (tertiary/aromatic N) is 1. The highest BCUT2D eigenvalue weighted by molar-refractivity contribution is 5.85. The fourth-order valence-electron chi connectivity index (χ4n) is 2.09. The average Bonchev–Trinajstić information content (AvgIpc) is 2.34. The summed E-state index contributed by atoms with van der Waals surface area (Å²) in [5.41, 5.74) is 0. The number of carbonyl (C=O) groups is 1. The summed E-state index contributed by atoms with van der Waals surface area (Å²) in [6.07, 6.45) is -2.38. The molecule has 0 saturated carbocycles. The third-order valence-corrected chi connectivity index (χ3v) is 3.25. The van der Waals surface area contributed by atoms with Crippen LogP contribution in [-0.2, 0) is 4.79 Å². The molecule has 1 heterocycles. The topological polar surface area (TPSA) is 44.4 Å². The molecule has 1 aliphatic rings. The molecule has 19 heavy (non-hydrogen) atoms. The molecule has 1 fully saturated rings. The predicted octanol–water partition coefficient (Wildman–Crippen LogP) is 1.16. The van der Waals surface area contributed by atoms with Crippen LogP contribution in [-0.4, -0.2) is 55.7 Å². The maximum atomic E-state index is 12.0. The zero-order valence-corrected chi connectivity index (χ0v) is 11.9. The van der Waals surface area contributed by atoms with E-state index in [1.807, 2.05) is 17.3 Å². The number of likely N-dealkylation sites (tertiary alicyclic amines) is 1. The molecule has 0 spiro atoms. The van der Waals surface area contributed by atoms with E-state index in [4.69, 9.17) is 0 Å². The summed E-state index contributed by atoms with van der Waals surface area (Å²) in [7, 11) is 1.85. The number of alkyl halides is 3. The Labute approximate surface area is 117 Å². The van der Waals surface area contributed by atoms with Crippen LogP contribution in [0.3, 0.4) is 0 Å². The molecule has 1 aliphatic heterocycles. The SMILES string of the molecule is CNC1CCCN(C(C)C(=O)NCC(F)(F)F)C1.Cl. The number of hydrogen-bond donors (Lipinski definition) is 2. The maximum Gasteiger partial charge on any atom is 0.405 e. The smallest absolute Gasteiger partial charge is 0.346 e. The van der Waals surface area contributed by atoms with Gasteiger partial charge in [0.1, 0.15) is 6.54 Å². The zero-order chi connectivity index (χ0) is 13.8. The molecular formula is C11H21ClF3N3O. The lowest BCUT2D eigenvalue weighted by atomic mass is 10.0. The van der Waals surface area contributed by atoms with Gasteiger partial charge in [0, 0.05) is 12.6 Å². The fourth-order valence-corrected chi connectivity index (χ4v) is 2.09. The van der Waals surface area contributed by atoms with Gasteiger partial charge in [0.2, 0.25) is 5.91 Å². The van der Waals surface area contributed by atoms with E-state index in [1.54, 1.807) is 6.92 Å². The Morgan fingerprint density at radius 3 is 2.63 bits per heavy atom. The second-order valence-corrected chi connectivity index (χ2v) is 4.63. The normalized spacial score (nSPS) is 22.5. The van der Waals surface area contributed by atoms with Crippen molar-refractivity contribution in [2.45, 2.75) is 38.0 Å². The minimum Gasteiger partial charge on any atom is -0.346 e. The summed E-state index contributed by atoms with van der Waals surface area (Å²) >= 11 is 0. The molecule has 2 N–H and O–H groups in total. The number of halogens is 4. The van der Waals surface area contributed by atoms with Crippen molar-refractivity contribution in [1.82, 2.24) is 15.5 Å². The van der Waals surface area contributed by atoms with Gasteiger partial charge >= 0.3 is 6.18 Å². The van der Waals surface area contributed by atoms with Crippen molar-refractivity contribution in [3.63, 3.8) is 0 Å². The molecule has 0 bridgehead atoms. The Hall–Kier alpha value is -0.530. The number of carbonyl (C=O) groups excluding carboxylic acids is 1. The van der Waals surface area contributed by atoms with Crippen LogP contribution in [0, 0.1) is 0 Å². The lowest BCUT2D eigenvalue weighted by Gasteiger charge is -2.35. The molecule has 0 aliphatic carbocycles. The highest BCUT2D eigenvalue weighted by atomic mass is 35.5. The van der Waals surface area contributed by atoms with Gasteiger partial charge in [0.15, 0.2) is 0 Å². The lowest BCUT2D eigenvalue weighted by molar-refractivity contribution is -0.141. The summed E-state index contributed by atoms with van der Waals surface area (Å²) in [6, 6.07) is -0.222. The van der Waals surface area contributed by atoms with E-state index in [-0.39, 0.29) is 12.4 Å². The minimum absolute atomic E-state index is 0. The van der Waals surface area contributed by atoms with Crippen molar-refractivity contribution >= 4 is 18.3 Å². The summed E-state index contributed by atoms with van der Waals surface area (Å²) in [6.45, 7) is 1.82. The van der Waals surface area contributed by atoms with Gasteiger partial charge in [-0.3, -0.25) is 9.69 Å². The van der Waals surface area contributed by atoms with Gasteiger partial charge < -0.3 is 10.6 Å². The van der Waals surface area contributed by atoms with Gasteiger partial charge in [-0.25, -0.2) is 0 Å². The number of rotatable bonds is 4. The second-order valence-electron chi connectivity index (χ2n) is 4.63. The molecule has 1 amide bonds. The van der Waals surface area contributed by atoms with Gasteiger partial charge in [-0.15, -0.1) is 12.4 Å². The van der Waals surface area contributed by atoms with Crippen LogP contribution in [0.5, 0.6) is 0 Å². The summed E-state index contributed by atoms with van der Waals surface area (Å²) in [5, 5.41) is 5.06. The first-order valence-electron chi connectivity index (χ1n) is 6.09. The van der Waals surface area contributed by atoms with E-state index < -0.39 is 24.7 Å². The highest BCUT2D eigenvalue weighted by Crippen LogP contribution is 2.15. The third kappa shape index (κ3) is 6.44. The number of piperidine rings is 1. The molecule has 1 rings (SSSR count). The predicted molar refractivity (Wildman–Crippen MR) is 69.4 cm³/mol. The van der Waals surface area contributed by atoms with Crippen LogP contribution in [0.25, 0.3) is 0 Å². The molecule has 2 unspecified atom stereocenters. The molecule has 0 aromatic carbocycles. The Balaban J connectivity index is 0.00000324. The molecule has 4 nitrogen and oxygen atoms in total. The van der Waals surface area contributed by atoms with Crippen LogP contribution in [0.15, 0.2) is 0 Å². The molecule has 0 aromatic heterocycles. The number of hydrogen-bond acceptors (Lipinski definition) is 3. The summed E-state index contributed by atoms with van der Waals surface area (Å²) in [4.78, 5) is 13.5. The molecule has 1 saturated heterocycles. The number of likely N-dealkylation sites (N-methyl/N-ethyl adjacent to an activating group) is 1. The lowest BCUT2D eigenvalue weighted by Crippen LogP contribution is -2.53. The van der Waals surface area contributed by atoms with Crippen LogP contribution < -0.4 is 10.6 Å². The first-order chi connectivity index (χ1) is 8.33. The fraction of sp³-hybridized carbons (Fsp3) is 0.909. The molecule has 114 valence electrons. The van der Waals surface area contributed by atoms with Crippen molar-refractivity contribution in [3.05, 3.63) is 0 Å². The van der Waals surface area contributed by atoms with Crippen LogP contribution in [0.2, 0.25) is 0 Å². The van der Waals surface area contributed by atoms with E-state index in [9.17, 15) is 18.0 Å². The van der Waals surface area contributed by atoms with Gasteiger partial charge in [-0.2, -0.15) is 13.2 Å². The van der Waals surface area contributed by atoms with E-state index in [2.05, 4.69) is 5.32 Å². The summed E-state index contributed by atoms with van der Waals surface area (Å²) < 4.78 is 36.0. The first kappa shape index (κ1) is 18.5. The van der Waals surface area contributed by atoms with Gasteiger partial charge in [0.05, 0.1) is 6.04 Å². The van der Waals surface area contributed by atoms with Crippen molar-refractivity contribution in [1.29, 1.82) is 0 Å². The molecule has 0 radical (unpaired) electrons. The van der Waals surface area contributed by atoms with Gasteiger partial charge in [-0.05, 0) is 33.4 Å². The van der Waals surface area contributed by atoms with Gasteiger partial charge in [0.25, 0.3) is 0 Å². The second kappa shape index (κ2) is 7.91. The van der Waals surface area contributed by atoms with Crippen molar-refractivity contribution in [2.24, 2.45) is 0 Å². The Kier molecular flexibility index (Phi) is 7.69. The van der Waals surface area contributed by atoms with E-state index >= 15 is 0 Å². The van der Waals surface area contributed by atoms with Crippen molar-refractivity contribution in [2.75, 3.05) is 26.7 Å². The van der Waals surface area contributed by atoms with E-state index in [0.29, 0.717) is 12.6 Å². The van der Waals surface area contributed by atoms with Crippen LogP contribution in [0.1, 0.15) is 19.8 Å². The highest BCUT2D eigenvalue weighted by Gasteiger charge is 2.31. The first-order valence-corrected chi connectivity index (χ1v) is 6.09. The Morgan fingerprint density at radius 2 is 2.11 bits per heavy atom. The molecule has 2 atom stereocenters. The Bertz CT molecular complexity index is 289. The number of amides is 1. The molecule has 0 aromatic rings.